The Kier molecular flexibility index (Phi) is 5.43. The molecule has 0 radical (unpaired) electrons. The van der Waals surface area contributed by atoms with E-state index >= 15 is 0 Å². The second kappa shape index (κ2) is 7.33. The lowest BCUT2D eigenvalue weighted by atomic mass is 10.0. The lowest BCUT2D eigenvalue weighted by molar-refractivity contribution is 0.231. The molecule has 0 aromatic carbocycles. The number of rotatable bonds is 5. The van der Waals surface area contributed by atoms with E-state index in [9.17, 15) is 9.59 Å². The zero-order valence-corrected chi connectivity index (χ0v) is 14.8. The smallest absolute Gasteiger partial charge is 0.315 e. The number of nitrogens with zero attached hydrogens (tertiary/aromatic N) is 2. The fourth-order valence-electron chi connectivity index (χ4n) is 2.67. The van der Waals surface area contributed by atoms with Gasteiger partial charge in [0.1, 0.15) is 5.82 Å². The van der Waals surface area contributed by atoms with Gasteiger partial charge in [0.25, 0.3) is 5.56 Å². The minimum absolute atomic E-state index is 0.169. The van der Waals surface area contributed by atoms with Crippen molar-refractivity contribution in [1.29, 1.82) is 0 Å². The van der Waals surface area contributed by atoms with E-state index in [0.717, 1.165) is 17.1 Å². The van der Waals surface area contributed by atoms with Crippen LogP contribution in [0.4, 0.5) is 4.79 Å². The van der Waals surface area contributed by atoms with Crippen molar-refractivity contribution in [2.45, 2.75) is 40.3 Å². The molecule has 2 aromatic heterocycles. The molecule has 3 N–H and O–H groups in total. The Morgan fingerprint density at radius 2 is 2.08 bits per heavy atom. The summed E-state index contributed by atoms with van der Waals surface area (Å²) in [5.74, 6) is 0.978. The first-order valence-electron chi connectivity index (χ1n) is 8.00. The van der Waals surface area contributed by atoms with Crippen molar-refractivity contribution in [2.24, 2.45) is 13.0 Å². The van der Waals surface area contributed by atoms with E-state index in [4.69, 9.17) is 0 Å². The molecule has 0 saturated carbocycles. The molecule has 2 rings (SSSR count). The Morgan fingerprint density at radius 1 is 1.38 bits per heavy atom. The minimum atomic E-state index is -0.323. The van der Waals surface area contributed by atoms with Crippen molar-refractivity contribution in [1.82, 2.24) is 25.2 Å². The van der Waals surface area contributed by atoms with Crippen molar-refractivity contribution >= 4 is 6.03 Å². The van der Waals surface area contributed by atoms with E-state index in [-0.39, 0.29) is 30.1 Å². The third kappa shape index (κ3) is 4.04. The Labute approximate surface area is 141 Å². The fraction of sp³-hybridized carbons (Fsp3) is 0.471. The molecule has 0 fully saturated rings. The molecule has 0 aliphatic carbocycles. The van der Waals surface area contributed by atoms with E-state index in [1.165, 1.54) is 0 Å². The summed E-state index contributed by atoms with van der Waals surface area (Å²) in [4.78, 5) is 31.3. The third-order valence-corrected chi connectivity index (χ3v) is 4.01. The number of hydrogen-bond acceptors (Lipinski definition) is 3. The summed E-state index contributed by atoms with van der Waals surface area (Å²) in [7, 11) is 1.90. The van der Waals surface area contributed by atoms with E-state index in [1.807, 2.05) is 51.6 Å². The van der Waals surface area contributed by atoms with Crippen LogP contribution in [0.15, 0.2) is 23.3 Å². The van der Waals surface area contributed by atoms with Crippen LogP contribution in [0.25, 0.3) is 0 Å². The summed E-state index contributed by atoms with van der Waals surface area (Å²) in [5, 5.41) is 5.69. The first-order valence-corrected chi connectivity index (χ1v) is 8.00. The standard InChI is InChI=1S/C17H25N5O2/c1-10(2)14(15-18-6-7-22(15)5)21-17(24)19-9-13-11(3)8-12(4)20-16(13)23/h6-8,10,14H,9H2,1-5H3,(H,20,23)(H2,19,21,24). The molecule has 2 aromatic rings. The summed E-state index contributed by atoms with van der Waals surface area (Å²) in [6.07, 6.45) is 3.55. The summed E-state index contributed by atoms with van der Waals surface area (Å²) >= 11 is 0. The SMILES string of the molecule is Cc1cc(C)c(CNC(=O)NC(c2nccn2C)C(C)C)c(=O)[nH]1. The summed E-state index contributed by atoms with van der Waals surface area (Å²) < 4.78 is 1.89. The van der Waals surface area contributed by atoms with Crippen LogP contribution in [0.1, 0.15) is 42.5 Å². The molecule has 0 spiro atoms. The number of amides is 2. The second-order valence-corrected chi connectivity index (χ2v) is 6.39. The number of carbonyl (C=O) groups excluding carboxylic acids is 1. The van der Waals surface area contributed by atoms with Crippen LogP contribution in [-0.2, 0) is 13.6 Å². The number of carbonyl (C=O) groups is 1. The molecule has 1 atom stereocenters. The van der Waals surface area contributed by atoms with Crippen LogP contribution >= 0.6 is 0 Å². The number of imidazole rings is 1. The Hall–Kier alpha value is -2.57. The average molecular weight is 331 g/mol. The predicted octanol–water partition coefficient (Wildman–Crippen LogP) is 1.92. The number of aromatic nitrogens is 3. The van der Waals surface area contributed by atoms with Crippen LogP contribution in [0.2, 0.25) is 0 Å². The molecular formula is C17H25N5O2. The van der Waals surface area contributed by atoms with E-state index in [1.54, 1.807) is 6.20 Å². The van der Waals surface area contributed by atoms with Gasteiger partial charge < -0.3 is 20.2 Å². The fourth-order valence-corrected chi connectivity index (χ4v) is 2.67. The van der Waals surface area contributed by atoms with Crippen LogP contribution in [0.3, 0.4) is 0 Å². The molecule has 0 aliphatic heterocycles. The topological polar surface area (TPSA) is 91.8 Å². The summed E-state index contributed by atoms with van der Waals surface area (Å²) in [6.45, 7) is 7.92. The van der Waals surface area contributed by atoms with Gasteiger partial charge in [-0.25, -0.2) is 9.78 Å². The highest BCUT2D eigenvalue weighted by Crippen LogP contribution is 2.19. The lowest BCUT2D eigenvalue weighted by Gasteiger charge is -2.22. The van der Waals surface area contributed by atoms with Crippen molar-refractivity contribution in [3.63, 3.8) is 0 Å². The van der Waals surface area contributed by atoms with Gasteiger partial charge in [-0.05, 0) is 31.4 Å². The highest BCUT2D eigenvalue weighted by molar-refractivity contribution is 5.74. The maximum atomic E-state index is 12.3. The molecule has 0 aliphatic rings. The Balaban J connectivity index is 2.05. The molecule has 1 unspecified atom stereocenters. The summed E-state index contributed by atoms with van der Waals surface area (Å²) in [5.41, 5.74) is 2.06. The van der Waals surface area contributed by atoms with Gasteiger partial charge in [-0.2, -0.15) is 0 Å². The molecule has 0 bridgehead atoms. The maximum absolute atomic E-state index is 12.3. The Bertz CT molecular complexity index is 776. The zero-order chi connectivity index (χ0) is 17.9. The molecule has 2 amide bonds. The number of aromatic amines is 1. The van der Waals surface area contributed by atoms with Crippen molar-refractivity contribution in [3.05, 3.63) is 51.5 Å². The number of hydrogen-bond donors (Lipinski definition) is 3. The van der Waals surface area contributed by atoms with Gasteiger partial charge in [0.2, 0.25) is 0 Å². The average Bonchev–Trinajstić information content (AvgIpc) is 2.89. The highest BCUT2D eigenvalue weighted by Gasteiger charge is 2.22. The van der Waals surface area contributed by atoms with Crippen LogP contribution < -0.4 is 16.2 Å². The number of H-pyrrole nitrogens is 1. The van der Waals surface area contributed by atoms with Crippen LogP contribution in [0.5, 0.6) is 0 Å². The van der Waals surface area contributed by atoms with Crippen molar-refractivity contribution in [3.8, 4) is 0 Å². The summed E-state index contributed by atoms with van der Waals surface area (Å²) in [6, 6.07) is 1.36. The lowest BCUT2D eigenvalue weighted by Crippen LogP contribution is -2.41. The predicted molar refractivity (Wildman–Crippen MR) is 92.7 cm³/mol. The molecule has 7 nitrogen and oxygen atoms in total. The van der Waals surface area contributed by atoms with Crippen LogP contribution in [0, 0.1) is 19.8 Å². The van der Waals surface area contributed by atoms with Gasteiger partial charge in [-0.15, -0.1) is 0 Å². The first-order chi connectivity index (χ1) is 11.3. The maximum Gasteiger partial charge on any atom is 0.315 e. The molecule has 2 heterocycles. The molecule has 130 valence electrons. The van der Waals surface area contributed by atoms with Gasteiger partial charge in [0.05, 0.1) is 12.6 Å². The quantitative estimate of drug-likeness (QED) is 0.781. The highest BCUT2D eigenvalue weighted by atomic mass is 16.2. The Morgan fingerprint density at radius 3 is 2.62 bits per heavy atom. The van der Waals surface area contributed by atoms with Crippen molar-refractivity contribution < 1.29 is 4.79 Å². The van der Waals surface area contributed by atoms with E-state index in [2.05, 4.69) is 20.6 Å². The molecular weight excluding hydrogens is 306 g/mol. The van der Waals surface area contributed by atoms with E-state index < -0.39 is 0 Å². The molecule has 24 heavy (non-hydrogen) atoms. The van der Waals surface area contributed by atoms with Gasteiger partial charge in [0, 0.05) is 30.7 Å². The normalized spacial score (nSPS) is 12.2. The van der Waals surface area contributed by atoms with Crippen LogP contribution in [-0.4, -0.2) is 20.6 Å². The third-order valence-electron chi connectivity index (χ3n) is 4.01. The van der Waals surface area contributed by atoms with E-state index in [0.29, 0.717) is 5.56 Å². The molecule has 7 heteroatoms. The number of pyridine rings is 1. The van der Waals surface area contributed by atoms with Gasteiger partial charge in [-0.3, -0.25) is 4.79 Å². The van der Waals surface area contributed by atoms with Gasteiger partial charge >= 0.3 is 6.03 Å². The second-order valence-electron chi connectivity index (χ2n) is 6.39. The number of aryl methyl sites for hydroxylation is 3. The van der Waals surface area contributed by atoms with Gasteiger partial charge in [-0.1, -0.05) is 13.8 Å². The zero-order valence-electron chi connectivity index (χ0n) is 14.8. The first kappa shape index (κ1) is 17.8. The van der Waals surface area contributed by atoms with Crippen molar-refractivity contribution in [2.75, 3.05) is 0 Å². The number of urea groups is 1. The largest absolute Gasteiger partial charge is 0.336 e. The van der Waals surface area contributed by atoms with Gasteiger partial charge in [0.15, 0.2) is 0 Å². The molecule has 0 saturated heterocycles. The number of nitrogens with one attached hydrogen (secondary N) is 3. The monoisotopic (exact) mass is 331 g/mol. The minimum Gasteiger partial charge on any atom is -0.336 e.